The lowest BCUT2D eigenvalue weighted by atomic mass is 9.67. The Morgan fingerprint density at radius 1 is 1.50 bits per heavy atom. The molecule has 2 saturated carbocycles. The van der Waals surface area contributed by atoms with E-state index >= 15 is 0 Å². The molecule has 2 fully saturated rings. The van der Waals surface area contributed by atoms with Gasteiger partial charge in [-0.05, 0) is 42.4 Å². The first-order chi connectivity index (χ1) is 6.73. The second kappa shape index (κ2) is 4.13. The third-order valence-electron chi connectivity index (χ3n) is 4.67. The van der Waals surface area contributed by atoms with Gasteiger partial charge in [0.15, 0.2) is 0 Å². The van der Waals surface area contributed by atoms with Gasteiger partial charge >= 0.3 is 0 Å². The first-order valence-electron chi connectivity index (χ1n) is 5.78. The van der Waals surface area contributed by atoms with Gasteiger partial charge in [0, 0.05) is 19.0 Å². The van der Waals surface area contributed by atoms with Crippen LogP contribution in [0.25, 0.3) is 0 Å². The van der Waals surface area contributed by atoms with Crippen molar-refractivity contribution in [3.8, 4) is 0 Å². The number of methoxy groups -OCH3 is 1. The minimum atomic E-state index is 0.554. The standard InChI is InChI=1S/C12H21BrO/c1-9(7-14-2)12(8-13)6-10-3-4-11(12)5-10/h9-11H,3-8H2,1-2H3. The van der Waals surface area contributed by atoms with Crippen LogP contribution in [0.2, 0.25) is 0 Å². The van der Waals surface area contributed by atoms with E-state index in [1.54, 1.807) is 0 Å². The number of hydrogen-bond donors (Lipinski definition) is 0. The van der Waals surface area contributed by atoms with Crippen molar-refractivity contribution in [2.24, 2.45) is 23.2 Å². The van der Waals surface area contributed by atoms with Gasteiger partial charge in [0.1, 0.15) is 0 Å². The fourth-order valence-electron chi connectivity index (χ4n) is 3.80. The third-order valence-corrected chi connectivity index (χ3v) is 5.71. The smallest absolute Gasteiger partial charge is 0.0493 e. The summed E-state index contributed by atoms with van der Waals surface area (Å²) in [6.07, 6.45) is 5.87. The molecule has 2 aliphatic carbocycles. The quantitative estimate of drug-likeness (QED) is 0.704. The van der Waals surface area contributed by atoms with Crippen LogP contribution in [-0.2, 0) is 4.74 Å². The molecule has 0 aromatic carbocycles. The molecule has 0 aliphatic heterocycles. The van der Waals surface area contributed by atoms with Gasteiger partial charge in [-0.25, -0.2) is 0 Å². The summed E-state index contributed by atoms with van der Waals surface area (Å²) in [7, 11) is 1.83. The lowest BCUT2D eigenvalue weighted by Crippen LogP contribution is -2.38. The Bertz CT molecular complexity index is 206. The summed E-state index contributed by atoms with van der Waals surface area (Å²) < 4.78 is 5.33. The monoisotopic (exact) mass is 260 g/mol. The molecule has 0 aromatic heterocycles. The van der Waals surface area contributed by atoms with E-state index in [-0.39, 0.29) is 0 Å². The first kappa shape index (κ1) is 10.9. The summed E-state index contributed by atoms with van der Waals surface area (Å²) in [5.74, 6) is 2.70. The molecular formula is C12H21BrO. The Kier molecular flexibility index (Phi) is 3.23. The van der Waals surface area contributed by atoms with Crippen LogP contribution < -0.4 is 0 Å². The fraction of sp³-hybridized carbons (Fsp3) is 1.00. The summed E-state index contributed by atoms with van der Waals surface area (Å²) in [4.78, 5) is 0. The highest BCUT2D eigenvalue weighted by atomic mass is 79.9. The van der Waals surface area contributed by atoms with Gasteiger partial charge in [-0.1, -0.05) is 29.3 Å². The predicted molar refractivity (Wildman–Crippen MR) is 62.7 cm³/mol. The molecule has 0 N–H and O–H groups in total. The molecule has 0 spiro atoms. The molecular weight excluding hydrogens is 240 g/mol. The summed E-state index contributed by atoms with van der Waals surface area (Å²) >= 11 is 3.75. The van der Waals surface area contributed by atoms with Gasteiger partial charge in [-0.3, -0.25) is 0 Å². The summed E-state index contributed by atoms with van der Waals surface area (Å²) in [6, 6.07) is 0. The van der Waals surface area contributed by atoms with E-state index < -0.39 is 0 Å². The molecule has 2 heteroatoms. The number of hydrogen-bond acceptors (Lipinski definition) is 1. The average molecular weight is 261 g/mol. The maximum atomic E-state index is 5.33. The largest absolute Gasteiger partial charge is 0.384 e. The van der Waals surface area contributed by atoms with Crippen molar-refractivity contribution in [1.82, 2.24) is 0 Å². The number of alkyl halides is 1. The van der Waals surface area contributed by atoms with Crippen molar-refractivity contribution >= 4 is 15.9 Å². The topological polar surface area (TPSA) is 9.23 Å². The Morgan fingerprint density at radius 3 is 2.71 bits per heavy atom. The molecule has 82 valence electrons. The highest BCUT2D eigenvalue weighted by Gasteiger charge is 2.52. The number of fused-ring (bicyclic) bond motifs is 2. The van der Waals surface area contributed by atoms with E-state index in [2.05, 4.69) is 22.9 Å². The minimum absolute atomic E-state index is 0.554. The molecule has 4 unspecified atom stereocenters. The second-order valence-electron chi connectivity index (χ2n) is 5.30. The van der Waals surface area contributed by atoms with Gasteiger partial charge < -0.3 is 4.74 Å². The lowest BCUT2D eigenvalue weighted by Gasteiger charge is -2.41. The number of rotatable bonds is 4. The molecule has 2 bridgehead atoms. The van der Waals surface area contributed by atoms with E-state index in [1.807, 2.05) is 7.11 Å². The molecule has 2 rings (SSSR count). The van der Waals surface area contributed by atoms with Crippen LogP contribution in [0.3, 0.4) is 0 Å². The maximum Gasteiger partial charge on any atom is 0.0493 e. The summed E-state index contributed by atoms with van der Waals surface area (Å²) in [5, 5.41) is 1.17. The van der Waals surface area contributed by atoms with Crippen molar-refractivity contribution in [1.29, 1.82) is 0 Å². The zero-order valence-electron chi connectivity index (χ0n) is 9.26. The number of halogens is 1. The molecule has 14 heavy (non-hydrogen) atoms. The van der Waals surface area contributed by atoms with Crippen LogP contribution in [0.1, 0.15) is 32.6 Å². The van der Waals surface area contributed by atoms with Crippen LogP contribution in [-0.4, -0.2) is 19.0 Å². The van der Waals surface area contributed by atoms with Crippen molar-refractivity contribution in [2.45, 2.75) is 32.6 Å². The van der Waals surface area contributed by atoms with Gasteiger partial charge in [-0.2, -0.15) is 0 Å². The molecule has 0 heterocycles. The van der Waals surface area contributed by atoms with E-state index in [9.17, 15) is 0 Å². The van der Waals surface area contributed by atoms with E-state index in [0.29, 0.717) is 11.3 Å². The average Bonchev–Trinajstić information content (AvgIpc) is 2.77. The Balaban J connectivity index is 2.10. The molecule has 0 amide bonds. The lowest BCUT2D eigenvalue weighted by molar-refractivity contribution is 0.0454. The van der Waals surface area contributed by atoms with Gasteiger partial charge in [-0.15, -0.1) is 0 Å². The maximum absolute atomic E-state index is 5.33. The Labute approximate surface area is 95.7 Å². The Hall–Kier alpha value is 0.440. The van der Waals surface area contributed by atoms with E-state index in [1.165, 1.54) is 31.0 Å². The molecule has 4 atom stereocenters. The van der Waals surface area contributed by atoms with Crippen LogP contribution >= 0.6 is 15.9 Å². The third kappa shape index (κ3) is 1.55. The van der Waals surface area contributed by atoms with Crippen molar-refractivity contribution < 1.29 is 4.74 Å². The molecule has 0 saturated heterocycles. The predicted octanol–water partition coefficient (Wildman–Crippen LogP) is 3.47. The van der Waals surface area contributed by atoms with Crippen molar-refractivity contribution in [3.63, 3.8) is 0 Å². The second-order valence-corrected chi connectivity index (χ2v) is 5.86. The van der Waals surface area contributed by atoms with E-state index in [0.717, 1.165) is 18.4 Å². The highest BCUT2D eigenvalue weighted by Crippen LogP contribution is 2.59. The highest BCUT2D eigenvalue weighted by molar-refractivity contribution is 9.09. The minimum Gasteiger partial charge on any atom is -0.384 e. The molecule has 0 aromatic rings. The van der Waals surface area contributed by atoms with Gasteiger partial charge in [0.25, 0.3) is 0 Å². The van der Waals surface area contributed by atoms with Crippen molar-refractivity contribution in [3.05, 3.63) is 0 Å². The number of ether oxygens (including phenoxy) is 1. The SMILES string of the molecule is COCC(C)C1(CBr)CC2CCC1C2. The fourth-order valence-corrected chi connectivity index (χ4v) is 5.04. The summed E-state index contributed by atoms with van der Waals surface area (Å²) in [6.45, 7) is 3.29. The van der Waals surface area contributed by atoms with Crippen LogP contribution in [0.5, 0.6) is 0 Å². The van der Waals surface area contributed by atoms with Gasteiger partial charge in [0.2, 0.25) is 0 Å². The van der Waals surface area contributed by atoms with Crippen LogP contribution in [0, 0.1) is 23.2 Å². The van der Waals surface area contributed by atoms with E-state index in [4.69, 9.17) is 4.74 Å². The Morgan fingerprint density at radius 2 is 2.29 bits per heavy atom. The zero-order valence-corrected chi connectivity index (χ0v) is 10.8. The van der Waals surface area contributed by atoms with Crippen molar-refractivity contribution in [2.75, 3.05) is 19.0 Å². The first-order valence-corrected chi connectivity index (χ1v) is 6.90. The zero-order chi connectivity index (χ0) is 10.2. The molecule has 0 radical (unpaired) electrons. The normalized spacial score (nSPS) is 43.1. The van der Waals surface area contributed by atoms with Crippen LogP contribution in [0.15, 0.2) is 0 Å². The summed E-state index contributed by atoms with van der Waals surface area (Å²) in [5.41, 5.74) is 0.554. The van der Waals surface area contributed by atoms with Crippen LogP contribution in [0.4, 0.5) is 0 Å². The molecule has 2 aliphatic rings. The van der Waals surface area contributed by atoms with Gasteiger partial charge in [0.05, 0.1) is 0 Å². The molecule has 1 nitrogen and oxygen atoms in total.